The van der Waals surface area contributed by atoms with Crippen LogP contribution in [0.5, 0.6) is 0 Å². The van der Waals surface area contributed by atoms with Crippen molar-refractivity contribution in [3.05, 3.63) is 59.9 Å². The minimum atomic E-state index is -0.298. The second-order valence-corrected chi connectivity index (χ2v) is 6.98. The molecule has 0 spiro atoms. The third-order valence-electron chi connectivity index (χ3n) is 5.10. The quantitative estimate of drug-likeness (QED) is 0.882. The number of ether oxygens (including phenoxy) is 1. The summed E-state index contributed by atoms with van der Waals surface area (Å²) in [7, 11) is 0. The van der Waals surface area contributed by atoms with Gasteiger partial charge in [0.1, 0.15) is 11.9 Å². The first kappa shape index (κ1) is 18.4. The minimum Gasteiger partial charge on any atom is -0.370 e. The molecule has 28 heavy (non-hydrogen) atoms. The summed E-state index contributed by atoms with van der Waals surface area (Å²) in [6, 6.07) is 13.2. The van der Waals surface area contributed by atoms with E-state index in [1.54, 1.807) is 34.1 Å². The molecule has 1 atom stereocenters. The van der Waals surface area contributed by atoms with Gasteiger partial charge in [0.05, 0.1) is 13.2 Å². The largest absolute Gasteiger partial charge is 0.370 e. The van der Waals surface area contributed by atoms with E-state index in [-0.39, 0.29) is 23.9 Å². The van der Waals surface area contributed by atoms with Gasteiger partial charge < -0.3 is 19.9 Å². The molecular weight excluding hydrogens is 361 g/mol. The van der Waals surface area contributed by atoms with Crippen LogP contribution in [0.25, 0.3) is 0 Å². The first-order chi connectivity index (χ1) is 13.6. The van der Waals surface area contributed by atoms with Crippen LogP contribution in [0.4, 0.5) is 20.6 Å². The van der Waals surface area contributed by atoms with E-state index < -0.39 is 0 Å². The monoisotopic (exact) mass is 383 g/mol. The van der Waals surface area contributed by atoms with Crippen LogP contribution >= 0.6 is 0 Å². The maximum absolute atomic E-state index is 13.1. The van der Waals surface area contributed by atoms with Gasteiger partial charge in [-0.15, -0.1) is 0 Å². The molecule has 4 rings (SSSR count). The zero-order valence-electron chi connectivity index (χ0n) is 15.4. The smallest absolute Gasteiger partial charge is 0.322 e. The molecule has 146 valence electrons. The lowest BCUT2D eigenvalue weighted by Gasteiger charge is -2.33. The number of morpholine rings is 1. The number of rotatable bonds is 3. The molecule has 6 nitrogen and oxygen atoms in total. The standard InChI is InChI=1S/C21H22FN3O3/c22-16-5-3-15(4-6-16)19-14-24(12-13-28-19)21(27)23-17-7-9-18(10-8-17)25-11-1-2-20(25)26/h3-10,19H,1-2,11-14H2,(H,23,27). The van der Waals surface area contributed by atoms with E-state index in [0.717, 1.165) is 24.2 Å². The second-order valence-electron chi connectivity index (χ2n) is 6.98. The Balaban J connectivity index is 1.37. The molecule has 0 radical (unpaired) electrons. The number of urea groups is 1. The topological polar surface area (TPSA) is 61.9 Å². The fraction of sp³-hybridized carbons (Fsp3) is 0.333. The van der Waals surface area contributed by atoms with Crippen LogP contribution < -0.4 is 10.2 Å². The molecule has 0 aliphatic carbocycles. The number of hydrogen-bond acceptors (Lipinski definition) is 3. The summed E-state index contributed by atoms with van der Waals surface area (Å²) in [6.45, 7) is 2.05. The predicted molar refractivity (Wildman–Crippen MR) is 104 cm³/mol. The maximum atomic E-state index is 13.1. The highest BCUT2D eigenvalue weighted by atomic mass is 19.1. The van der Waals surface area contributed by atoms with Gasteiger partial charge in [-0.3, -0.25) is 4.79 Å². The molecule has 2 heterocycles. The van der Waals surface area contributed by atoms with Crippen molar-refractivity contribution in [2.24, 2.45) is 0 Å². The van der Waals surface area contributed by atoms with Crippen LogP contribution in [0.3, 0.4) is 0 Å². The molecule has 2 aromatic rings. The van der Waals surface area contributed by atoms with Crippen LogP contribution in [0.15, 0.2) is 48.5 Å². The van der Waals surface area contributed by atoms with Gasteiger partial charge >= 0.3 is 6.03 Å². The van der Waals surface area contributed by atoms with Gasteiger partial charge in [0.15, 0.2) is 0 Å². The fourth-order valence-corrected chi connectivity index (χ4v) is 3.56. The summed E-state index contributed by atoms with van der Waals surface area (Å²) >= 11 is 0. The molecular formula is C21H22FN3O3. The molecule has 2 aliphatic heterocycles. The van der Waals surface area contributed by atoms with E-state index in [2.05, 4.69) is 5.32 Å². The number of halogens is 1. The van der Waals surface area contributed by atoms with Crippen molar-refractivity contribution < 1.29 is 18.7 Å². The molecule has 2 fully saturated rings. The Morgan fingerprint density at radius 2 is 1.82 bits per heavy atom. The number of anilines is 2. The van der Waals surface area contributed by atoms with E-state index in [4.69, 9.17) is 4.74 Å². The van der Waals surface area contributed by atoms with Crippen LogP contribution in [-0.4, -0.2) is 43.1 Å². The van der Waals surface area contributed by atoms with Crippen LogP contribution in [0.2, 0.25) is 0 Å². The summed E-state index contributed by atoms with van der Waals surface area (Å²) in [4.78, 5) is 27.9. The summed E-state index contributed by atoms with van der Waals surface area (Å²) in [5, 5.41) is 2.89. The normalized spacial score (nSPS) is 19.8. The van der Waals surface area contributed by atoms with E-state index >= 15 is 0 Å². The van der Waals surface area contributed by atoms with Gasteiger partial charge in [-0.2, -0.15) is 0 Å². The van der Waals surface area contributed by atoms with Gasteiger partial charge in [-0.1, -0.05) is 12.1 Å². The lowest BCUT2D eigenvalue weighted by Crippen LogP contribution is -2.44. The number of hydrogen-bond donors (Lipinski definition) is 1. The third kappa shape index (κ3) is 3.99. The molecule has 3 amide bonds. The van der Waals surface area contributed by atoms with Crippen molar-refractivity contribution in [2.45, 2.75) is 18.9 Å². The van der Waals surface area contributed by atoms with Crippen LogP contribution in [0.1, 0.15) is 24.5 Å². The lowest BCUT2D eigenvalue weighted by molar-refractivity contribution is -0.117. The average Bonchev–Trinajstić information content (AvgIpc) is 3.15. The maximum Gasteiger partial charge on any atom is 0.322 e. The fourth-order valence-electron chi connectivity index (χ4n) is 3.56. The molecule has 0 saturated carbocycles. The lowest BCUT2D eigenvalue weighted by atomic mass is 10.1. The highest BCUT2D eigenvalue weighted by molar-refractivity contribution is 5.96. The summed E-state index contributed by atoms with van der Waals surface area (Å²) in [5.74, 6) is -0.162. The van der Waals surface area contributed by atoms with Crippen molar-refractivity contribution in [2.75, 3.05) is 36.5 Å². The minimum absolute atomic E-state index is 0.136. The molecule has 1 N–H and O–H groups in total. The van der Waals surface area contributed by atoms with Crippen molar-refractivity contribution in [1.29, 1.82) is 0 Å². The van der Waals surface area contributed by atoms with Crippen molar-refractivity contribution in [3.8, 4) is 0 Å². The first-order valence-corrected chi connectivity index (χ1v) is 9.43. The Hall–Kier alpha value is -2.93. The molecule has 2 aromatic carbocycles. The molecule has 7 heteroatoms. The number of nitrogens with zero attached hydrogens (tertiary/aromatic N) is 2. The Morgan fingerprint density at radius 1 is 1.07 bits per heavy atom. The Morgan fingerprint density at radius 3 is 2.50 bits per heavy atom. The number of amides is 3. The van der Waals surface area contributed by atoms with Gasteiger partial charge in [-0.25, -0.2) is 9.18 Å². The first-order valence-electron chi connectivity index (χ1n) is 9.43. The van der Waals surface area contributed by atoms with Gasteiger partial charge in [0, 0.05) is 30.9 Å². The van der Waals surface area contributed by atoms with Gasteiger partial charge in [0.25, 0.3) is 0 Å². The van der Waals surface area contributed by atoms with E-state index in [9.17, 15) is 14.0 Å². The van der Waals surface area contributed by atoms with E-state index in [1.165, 1.54) is 12.1 Å². The van der Waals surface area contributed by atoms with Crippen LogP contribution in [-0.2, 0) is 9.53 Å². The van der Waals surface area contributed by atoms with Crippen molar-refractivity contribution in [3.63, 3.8) is 0 Å². The van der Waals surface area contributed by atoms with Crippen LogP contribution in [0, 0.1) is 5.82 Å². The number of carbonyl (C=O) groups is 2. The molecule has 0 bridgehead atoms. The summed E-state index contributed by atoms with van der Waals surface area (Å²) in [6.07, 6.45) is 1.19. The second kappa shape index (κ2) is 7.98. The van der Waals surface area contributed by atoms with E-state index in [1.807, 2.05) is 12.1 Å². The van der Waals surface area contributed by atoms with Crippen molar-refractivity contribution in [1.82, 2.24) is 4.90 Å². The zero-order chi connectivity index (χ0) is 19.5. The van der Waals surface area contributed by atoms with E-state index in [0.29, 0.717) is 31.8 Å². The number of nitrogens with one attached hydrogen (secondary N) is 1. The van der Waals surface area contributed by atoms with Crippen molar-refractivity contribution >= 4 is 23.3 Å². The molecule has 0 aromatic heterocycles. The Kier molecular flexibility index (Phi) is 5.25. The summed E-state index contributed by atoms with van der Waals surface area (Å²) < 4.78 is 18.8. The molecule has 2 aliphatic rings. The number of carbonyl (C=O) groups excluding carboxylic acids is 2. The van der Waals surface area contributed by atoms with Gasteiger partial charge in [-0.05, 0) is 48.4 Å². The summed E-state index contributed by atoms with van der Waals surface area (Å²) in [5.41, 5.74) is 2.37. The molecule has 1 unspecified atom stereocenters. The SMILES string of the molecule is O=C(Nc1ccc(N2CCCC2=O)cc1)N1CCOC(c2ccc(F)cc2)C1. The predicted octanol–water partition coefficient (Wildman–Crippen LogP) is 3.56. The van der Waals surface area contributed by atoms with Gasteiger partial charge in [0.2, 0.25) is 5.91 Å². The highest BCUT2D eigenvalue weighted by Crippen LogP contribution is 2.25. The Bertz CT molecular complexity index is 854. The molecule has 2 saturated heterocycles. The highest BCUT2D eigenvalue weighted by Gasteiger charge is 2.26. The third-order valence-corrected chi connectivity index (χ3v) is 5.10. The Labute approximate surface area is 162 Å². The zero-order valence-corrected chi connectivity index (χ0v) is 15.4. The number of benzene rings is 2. The average molecular weight is 383 g/mol.